The molecule has 4 heteroatoms. The highest BCUT2D eigenvalue weighted by atomic mass is 16.5. The number of ether oxygens (including phenoxy) is 1. The van der Waals surface area contributed by atoms with Crippen molar-refractivity contribution in [2.24, 2.45) is 0 Å². The summed E-state index contributed by atoms with van der Waals surface area (Å²) in [5.41, 5.74) is 2.26. The maximum atomic E-state index is 6.06. The quantitative estimate of drug-likeness (QED) is 0.720. The van der Waals surface area contributed by atoms with E-state index in [9.17, 15) is 0 Å². The second-order valence-electron chi connectivity index (χ2n) is 5.36. The number of nitrogens with zero attached hydrogens (tertiary/aromatic N) is 1. The highest BCUT2D eigenvalue weighted by Gasteiger charge is 2.14. The van der Waals surface area contributed by atoms with Crippen LogP contribution in [0, 0.1) is 0 Å². The van der Waals surface area contributed by atoms with Gasteiger partial charge in [0.1, 0.15) is 11.3 Å². The second-order valence-corrected chi connectivity index (χ2v) is 5.36. The van der Waals surface area contributed by atoms with E-state index in [1.165, 1.54) is 10.9 Å². The number of benzene rings is 1. The highest BCUT2D eigenvalue weighted by Crippen LogP contribution is 2.26. The fourth-order valence-corrected chi connectivity index (χ4v) is 2.52. The molecule has 116 valence electrons. The van der Waals surface area contributed by atoms with E-state index in [0.29, 0.717) is 0 Å². The van der Waals surface area contributed by atoms with E-state index < -0.39 is 0 Å². The molecule has 0 spiro atoms. The third-order valence-corrected chi connectivity index (χ3v) is 3.64. The predicted octanol–water partition coefficient (Wildman–Crippen LogP) is 3.01. The zero-order valence-corrected chi connectivity index (χ0v) is 13.3. The Balaban J connectivity index is 2.13. The minimum Gasteiger partial charge on any atom is -0.459 e. The number of para-hydroxylation sites is 1. The monoisotopic (exact) mass is 290 g/mol. The van der Waals surface area contributed by atoms with Gasteiger partial charge in [0, 0.05) is 37.8 Å². The molecule has 1 aromatic heterocycles. The molecule has 0 saturated heterocycles. The average Bonchev–Trinajstić information content (AvgIpc) is 2.82. The van der Waals surface area contributed by atoms with Gasteiger partial charge in [-0.25, -0.2) is 0 Å². The number of nitrogens with one attached hydrogen (secondary N) is 1. The molecule has 21 heavy (non-hydrogen) atoms. The Morgan fingerprint density at radius 3 is 2.86 bits per heavy atom. The van der Waals surface area contributed by atoms with Crippen molar-refractivity contribution in [3.05, 3.63) is 35.6 Å². The average molecular weight is 290 g/mol. The van der Waals surface area contributed by atoms with E-state index in [2.05, 4.69) is 36.3 Å². The van der Waals surface area contributed by atoms with Crippen molar-refractivity contribution in [3.63, 3.8) is 0 Å². The van der Waals surface area contributed by atoms with Crippen LogP contribution in [-0.4, -0.2) is 38.8 Å². The predicted molar refractivity (Wildman–Crippen MR) is 86.4 cm³/mol. The Morgan fingerprint density at radius 1 is 1.29 bits per heavy atom. The first-order valence-electron chi connectivity index (χ1n) is 7.63. The van der Waals surface area contributed by atoms with E-state index in [0.717, 1.165) is 50.5 Å². The molecule has 0 aliphatic rings. The fourth-order valence-electron chi connectivity index (χ4n) is 2.52. The molecule has 0 saturated carbocycles. The van der Waals surface area contributed by atoms with Gasteiger partial charge in [0.2, 0.25) is 0 Å². The number of hydrogen-bond donors (Lipinski definition) is 1. The fraction of sp³-hybridized carbons (Fsp3) is 0.529. The van der Waals surface area contributed by atoms with Crippen molar-refractivity contribution >= 4 is 11.0 Å². The van der Waals surface area contributed by atoms with Gasteiger partial charge < -0.3 is 14.5 Å². The van der Waals surface area contributed by atoms with Crippen LogP contribution in [0.25, 0.3) is 11.0 Å². The van der Waals surface area contributed by atoms with E-state index in [1.807, 2.05) is 12.1 Å². The van der Waals surface area contributed by atoms with Gasteiger partial charge in [-0.05, 0) is 26.1 Å². The molecule has 1 N–H and O–H groups in total. The van der Waals surface area contributed by atoms with E-state index >= 15 is 0 Å². The Kier molecular flexibility index (Phi) is 6.23. The lowest BCUT2D eigenvalue weighted by atomic mass is 10.1. The van der Waals surface area contributed by atoms with E-state index in [1.54, 1.807) is 7.11 Å². The summed E-state index contributed by atoms with van der Waals surface area (Å²) < 4.78 is 11.2. The van der Waals surface area contributed by atoms with Gasteiger partial charge in [0.15, 0.2) is 0 Å². The number of methoxy groups -OCH3 is 1. The summed E-state index contributed by atoms with van der Waals surface area (Å²) in [6, 6.07) is 8.27. The molecule has 1 heterocycles. The molecular formula is C17H26N2O2. The zero-order chi connectivity index (χ0) is 15.1. The SMILES string of the molecule is CCNCc1c(CN(C)CCCOC)oc2ccccc12. The lowest BCUT2D eigenvalue weighted by Gasteiger charge is -2.15. The van der Waals surface area contributed by atoms with Gasteiger partial charge in [0.05, 0.1) is 6.54 Å². The van der Waals surface area contributed by atoms with Crippen molar-refractivity contribution in [3.8, 4) is 0 Å². The van der Waals surface area contributed by atoms with Gasteiger partial charge in [-0.3, -0.25) is 4.90 Å². The molecule has 1 aromatic carbocycles. The third kappa shape index (κ3) is 4.30. The lowest BCUT2D eigenvalue weighted by Crippen LogP contribution is -2.21. The smallest absolute Gasteiger partial charge is 0.134 e. The van der Waals surface area contributed by atoms with Crippen molar-refractivity contribution in [2.75, 3.05) is 33.9 Å². The van der Waals surface area contributed by atoms with Crippen LogP contribution in [0.4, 0.5) is 0 Å². The molecule has 0 amide bonds. The summed E-state index contributed by atoms with van der Waals surface area (Å²) in [6.45, 7) is 6.58. The van der Waals surface area contributed by atoms with Gasteiger partial charge in [0.25, 0.3) is 0 Å². The number of furan rings is 1. The molecule has 0 bridgehead atoms. The van der Waals surface area contributed by atoms with Gasteiger partial charge in [-0.1, -0.05) is 25.1 Å². The maximum Gasteiger partial charge on any atom is 0.134 e. The summed E-state index contributed by atoms with van der Waals surface area (Å²) >= 11 is 0. The van der Waals surface area contributed by atoms with Crippen molar-refractivity contribution in [1.29, 1.82) is 0 Å². The van der Waals surface area contributed by atoms with Crippen molar-refractivity contribution < 1.29 is 9.15 Å². The molecule has 0 aliphatic carbocycles. The van der Waals surface area contributed by atoms with Crippen LogP contribution >= 0.6 is 0 Å². The molecule has 2 rings (SSSR count). The van der Waals surface area contributed by atoms with Crippen LogP contribution in [0.3, 0.4) is 0 Å². The zero-order valence-electron chi connectivity index (χ0n) is 13.3. The molecule has 0 fully saturated rings. The van der Waals surface area contributed by atoms with Crippen LogP contribution in [0.2, 0.25) is 0 Å². The molecule has 0 unspecified atom stereocenters. The summed E-state index contributed by atoms with van der Waals surface area (Å²) in [5.74, 6) is 1.07. The summed E-state index contributed by atoms with van der Waals surface area (Å²) in [6.07, 6.45) is 1.04. The molecular weight excluding hydrogens is 264 g/mol. The van der Waals surface area contributed by atoms with Gasteiger partial charge in [-0.15, -0.1) is 0 Å². The topological polar surface area (TPSA) is 37.6 Å². The van der Waals surface area contributed by atoms with Crippen molar-refractivity contribution in [1.82, 2.24) is 10.2 Å². The maximum absolute atomic E-state index is 6.06. The minimum absolute atomic E-state index is 0.800. The standard InChI is InChI=1S/C17H26N2O2/c1-4-18-12-15-14-8-5-6-9-16(14)21-17(15)13-19(2)10-7-11-20-3/h5-6,8-9,18H,4,7,10-13H2,1-3H3. The largest absolute Gasteiger partial charge is 0.459 e. The molecule has 2 aromatic rings. The Labute approximate surface area is 127 Å². The van der Waals surface area contributed by atoms with Crippen LogP contribution < -0.4 is 5.32 Å². The number of hydrogen-bond acceptors (Lipinski definition) is 4. The van der Waals surface area contributed by atoms with E-state index in [-0.39, 0.29) is 0 Å². The normalized spacial score (nSPS) is 11.6. The van der Waals surface area contributed by atoms with Gasteiger partial charge in [-0.2, -0.15) is 0 Å². The molecule has 0 atom stereocenters. The van der Waals surface area contributed by atoms with E-state index in [4.69, 9.17) is 9.15 Å². The Morgan fingerprint density at radius 2 is 2.10 bits per heavy atom. The molecule has 0 radical (unpaired) electrons. The van der Waals surface area contributed by atoms with Gasteiger partial charge >= 0.3 is 0 Å². The summed E-state index contributed by atoms with van der Waals surface area (Å²) in [7, 11) is 3.87. The van der Waals surface area contributed by atoms with Crippen LogP contribution in [0.15, 0.2) is 28.7 Å². The minimum atomic E-state index is 0.800. The summed E-state index contributed by atoms with van der Waals surface area (Å²) in [5, 5.41) is 4.63. The first-order valence-corrected chi connectivity index (χ1v) is 7.63. The van der Waals surface area contributed by atoms with Crippen molar-refractivity contribution in [2.45, 2.75) is 26.4 Å². The second kappa shape index (κ2) is 8.17. The highest BCUT2D eigenvalue weighted by molar-refractivity contribution is 5.82. The van der Waals surface area contributed by atoms with Crippen LogP contribution in [-0.2, 0) is 17.8 Å². The first-order chi connectivity index (χ1) is 10.3. The first kappa shape index (κ1) is 16.0. The molecule has 4 nitrogen and oxygen atoms in total. The Bertz CT molecular complexity index is 551. The van der Waals surface area contributed by atoms with Crippen LogP contribution in [0.5, 0.6) is 0 Å². The Hall–Kier alpha value is -1.36. The number of fused-ring (bicyclic) bond motifs is 1. The lowest BCUT2D eigenvalue weighted by molar-refractivity contribution is 0.176. The molecule has 0 aliphatic heterocycles. The summed E-state index contributed by atoms with van der Waals surface area (Å²) in [4.78, 5) is 2.28. The third-order valence-electron chi connectivity index (χ3n) is 3.64. The number of rotatable bonds is 9. The van der Waals surface area contributed by atoms with Crippen LogP contribution in [0.1, 0.15) is 24.7 Å².